The van der Waals surface area contributed by atoms with Crippen LogP contribution in [0.3, 0.4) is 0 Å². The highest BCUT2D eigenvalue weighted by atomic mass is 16.5. The summed E-state index contributed by atoms with van der Waals surface area (Å²) in [7, 11) is 0. The van der Waals surface area contributed by atoms with E-state index in [1.165, 1.54) is 0 Å². The SMILES string of the molecule is Cc1cc(-n2c(C)cc(C(=O)COC(=O)C3(c4ccccc4)CCCC3)c2C)no1. The Morgan fingerprint density at radius 1 is 1.10 bits per heavy atom. The molecule has 0 radical (unpaired) electrons. The quantitative estimate of drug-likeness (QED) is 0.441. The second-order valence-electron chi connectivity index (χ2n) is 8.07. The minimum Gasteiger partial charge on any atom is -0.457 e. The highest BCUT2D eigenvalue weighted by Gasteiger charge is 2.44. The summed E-state index contributed by atoms with van der Waals surface area (Å²) >= 11 is 0. The summed E-state index contributed by atoms with van der Waals surface area (Å²) in [6.45, 7) is 5.31. The van der Waals surface area contributed by atoms with E-state index in [2.05, 4.69) is 5.16 Å². The summed E-state index contributed by atoms with van der Waals surface area (Å²) in [5.41, 5.74) is 2.48. The Bertz CT molecular complexity index is 1070. The summed E-state index contributed by atoms with van der Waals surface area (Å²) in [6, 6.07) is 13.4. The van der Waals surface area contributed by atoms with E-state index < -0.39 is 5.41 Å². The maximum atomic E-state index is 13.1. The average Bonchev–Trinajstić information content (AvgIpc) is 3.46. The lowest BCUT2D eigenvalue weighted by atomic mass is 9.79. The van der Waals surface area contributed by atoms with Crippen molar-refractivity contribution >= 4 is 11.8 Å². The van der Waals surface area contributed by atoms with Crippen molar-refractivity contribution < 1.29 is 18.8 Å². The summed E-state index contributed by atoms with van der Waals surface area (Å²) < 4.78 is 12.6. The van der Waals surface area contributed by atoms with E-state index in [1.54, 1.807) is 6.07 Å². The van der Waals surface area contributed by atoms with Gasteiger partial charge in [-0.1, -0.05) is 48.3 Å². The van der Waals surface area contributed by atoms with Crippen molar-refractivity contribution in [2.45, 2.75) is 51.9 Å². The van der Waals surface area contributed by atoms with Crippen molar-refractivity contribution in [3.63, 3.8) is 0 Å². The van der Waals surface area contributed by atoms with Gasteiger partial charge in [0.2, 0.25) is 5.78 Å². The van der Waals surface area contributed by atoms with Gasteiger partial charge < -0.3 is 9.26 Å². The molecule has 0 amide bonds. The Kier molecular flexibility index (Phi) is 5.33. The lowest BCUT2D eigenvalue weighted by Crippen LogP contribution is -2.35. The van der Waals surface area contributed by atoms with E-state index >= 15 is 0 Å². The molecule has 0 atom stereocenters. The first kappa shape index (κ1) is 20.1. The van der Waals surface area contributed by atoms with Gasteiger partial charge in [0.05, 0.1) is 5.41 Å². The smallest absolute Gasteiger partial charge is 0.317 e. The number of benzene rings is 1. The first-order valence-corrected chi connectivity index (χ1v) is 10.3. The zero-order valence-corrected chi connectivity index (χ0v) is 17.6. The molecule has 6 heteroatoms. The van der Waals surface area contributed by atoms with Crippen LogP contribution >= 0.6 is 0 Å². The molecular weight excluding hydrogens is 380 g/mol. The van der Waals surface area contributed by atoms with Gasteiger partial charge in [-0.05, 0) is 45.2 Å². The topological polar surface area (TPSA) is 74.3 Å². The number of hydrogen-bond acceptors (Lipinski definition) is 5. The number of ether oxygens (including phenoxy) is 1. The van der Waals surface area contributed by atoms with Crippen LogP contribution < -0.4 is 0 Å². The monoisotopic (exact) mass is 406 g/mol. The average molecular weight is 406 g/mol. The fourth-order valence-electron chi connectivity index (χ4n) is 4.55. The van der Waals surface area contributed by atoms with Crippen LogP contribution in [-0.2, 0) is 14.9 Å². The summed E-state index contributed by atoms with van der Waals surface area (Å²) in [4.78, 5) is 26.0. The fraction of sp³-hybridized carbons (Fsp3) is 0.375. The van der Waals surface area contributed by atoms with Gasteiger partial charge in [0.15, 0.2) is 12.4 Å². The van der Waals surface area contributed by atoms with Crippen LogP contribution in [0.1, 0.15) is 58.8 Å². The molecule has 0 saturated heterocycles. The van der Waals surface area contributed by atoms with Gasteiger partial charge in [-0.15, -0.1) is 0 Å². The predicted octanol–water partition coefficient (Wildman–Crippen LogP) is 4.63. The Hall–Kier alpha value is -3.15. The third-order valence-corrected chi connectivity index (χ3v) is 6.08. The number of carbonyl (C=O) groups is 2. The molecule has 2 aromatic heterocycles. The van der Waals surface area contributed by atoms with Crippen molar-refractivity contribution in [2.75, 3.05) is 6.61 Å². The molecule has 0 spiro atoms. The maximum absolute atomic E-state index is 13.1. The minimum atomic E-state index is -0.642. The molecule has 2 heterocycles. The molecule has 0 unspecified atom stereocenters. The Labute approximate surface area is 175 Å². The zero-order chi connectivity index (χ0) is 21.3. The van der Waals surface area contributed by atoms with Crippen LogP contribution in [0.4, 0.5) is 0 Å². The van der Waals surface area contributed by atoms with Crippen LogP contribution in [0, 0.1) is 20.8 Å². The molecule has 1 aliphatic rings. The molecule has 0 N–H and O–H groups in total. The fourth-order valence-corrected chi connectivity index (χ4v) is 4.55. The van der Waals surface area contributed by atoms with E-state index in [0.717, 1.165) is 42.6 Å². The van der Waals surface area contributed by atoms with Crippen molar-refractivity contribution in [3.05, 3.63) is 70.7 Å². The lowest BCUT2D eigenvalue weighted by molar-refractivity contribution is -0.149. The van der Waals surface area contributed by atoms with Crippen LogP contribution in [0.15, 0.2) is 47.0 Å². The molecular formula is C24H26N2O4. The molecule has 1 saturated carbocycles. The molecule has 0 bridgehead atoms. The third-order valence-electron chi connectivity index (χ3n) is 6.08. The van der Waals surface area contributed by atoms with Crippen molar-refractivity contribution in [1.29, 1.82) is 0 Å². The number of ketones is 1. The summed E-state index contributed by atoms with van der Waals surface area (Å²) in [5.74, 6) is 0.805. The van der Waals surface area contributed by atoms with Gasteiger partial charge >= 0.3 is 5.97 Å². The highest BCUT2D eigenvalue weighted by molar-refractivity contribution is 6.00. The Morgan fingerprint density at radius 2 is 1.80 bits per heavy atom. The number of nitrogens with zero attached hydrogens (tertiary/aromatic N) is 2. The van der Waals surface area contributed by atoms with E-state index in [4.69, 9.17) is 9.26 Å². The maximum Gasteiger partial charge on any atom is 0.317 e. The molecule has 1 aliphatic carbocycles. The van der Waals surface area contributed by atoms with Crippen LogP contribution in [0.2, 0.25) is 0 Å². The predicted molar refractivity (Wildman–Crippen MR) is 112 cm³/mol. The van der Waals surface area contributed by atoms with E-state index in [1.807, 2.05) is 61.7 Å². The molecule has 1 fully saturated rings. The number of aromatic nitrogens is 2. The summed E-state index contributed by atoms with van der Waals surface area (Å²) in [6.07, 6.45) is 3.47. The summed E-state index contributed by atoms with van der Waals surface area (Å²) in [5, 5.41) is 4.04. The van der Waals surface area contributed by atoms with E-state index in [0.29, 0.717) is 17.1 Å². The molecule has 3 aromatic rings. The third kappa shape index (κ3) is 3.47. The number of hydrogen-bond donors (Lipinski definition) is 0. The molecule has 1 aromatic carbocycles. The van der Waals surface area contributed by atoms with Crippen molar-refractivity contribution in [1.82, 2.24) is 9.72 Å². The second-order valence-corrected chi connectivity index (χ2v) is 8.07. The van der Waals surface area contributed by atoms with Gasteiger partial charge in [0, 0.05) is 23.0 Å². The van der Waals surface area contributed by atoms with Gasteiger partial charge in [-0.25, -0.2) is 0 Å². The highest BCUT2D eigenvalue weighted by Crippen LogP contribution is 2.42. The Morgan fingerprint density at radius 3 is 2.43 bits per heavy atom. The van der Waals surface area contributed by atoms with E-state index in [-0.39, 0.29) is 18.4 Å². The number of esters is 1. The molecule has 0 aliphatic heterocycles. The number of rotatable bonds is 6. The zero-order valence-electron chi connectivity index (χ0n) is 17.6. The van der Waals surface area contributed by atoms with Crippen LogP contribution in [0.25, 0.3) is 5.82 Å². The van der Waals surface area contributed by atoms with Gasteiger partial charge in [-0.2, -0.15) is 0 Å². The van der Waals surface area contributed by atoms with Gasteiger partial charge in [0.25, 0.3) is 0 Å². The molecule has 4 rings (SSSR count). The van der Waals surface area contributed by atoms with Crippen molar-refractivity contribution in [3.8, 4) is 5.82 Å². The Balaban J connectivity index is 1.52. The standard InChI is InChI=1S/C24H26N2O4/c1-16-13-20(18(3)26(16)22-14-17(2)30-25-22)21(27)15-29-23(28)24(11-7-8-12-24)19-9-5-4-6-10-19/h4-6,9-10,13-14H,7-8,11-12,15H2,1-3H3. The second kappa shape index (κ2) is 7.94. The first-order valence-electron chi connectivity index (χ1n) is 10.3. The van der Waals surface area contributed by atoms with E-state index in [9.17, 15) is 9.59 Å². The number of carbonyl (C=O) groups excluding carboxylic acids is 2. The van der Waals surface area contributed by atoms with Crippen LogP contribution in [-0.4, -0.2) is 28.1 Å². The van der Waals surface area contributed by atoms with Gasteiger partial charge in [0.1, 0.15) is 5.76 Å². The molecule has 6 nitrogen and oxygen atoms in total. The number of aryl methyl sites for hydroxylation is 2. The first-order chi connectivity index (χ1) is 14.4. The lowest BCUT2D eigenvalue weighted by Gasteiger charge is -2.27. The molecule has 156 valence electrons. The van der Waals surface area contributed by atoms with Crippen molar-refractivity contribution in [2.24, 2.45) is 0 Å². The van der Waals surface area contributed by atoms with Crippen LogP contribution in [0.5, 0.6) is 0 Å². The minimum absolute atomic E-state index is 0.218. The largest absolute Gasteiger partial charge is 0.457 e. The normalized spacial score (nSPS) is 15.3. The molecule has 30 heavy (non-hydrogen) atoms. The van der Waals surface area contributed by atoms with Gasteiger partial charge in [-0.3, -0.25) is 14.2 Å². The number of Topliss-reactive ketones (excluding diaryl/α,β-unsaturated/α-hetero) is 1.